The second-order valence-corrected chi connectivity index (χ2v) is 7.40. The Labute approximate surface area is 141 Å². The number of aryl methyl sites for hydroxylation is 1. The van der Waals surface area contributed by atoms with E-state index in [1.54, 1.807) is 0 Å². The molecule has 0 radical (unpaired) electrons. The monoisotopic (exact) mass is 339 g/mol. The zero-order chi connectivity index (χ0) is 17.0. The van der Waals surface area contributed by atoms with Gasteiger partial charge in [-0.1, -0.05) is 25.6 Å². The number of aromatic nitrogens is 3. The van der Waals surface area contributed by atoms with Gasteiger partial charge in [0.05, 0.1) is 5.75 Å². The molecule has 2 rings (SSSR count). The molecule has 0 bridgehead atoms. The maximum absolute atomic E-state index is 12.4. The van der Waals surface area contributed by atoms with E-state index in [0.29, 0.717) is 35.0 Å². The predicted octanol–water partition coefficient (Wildman–Crippen LogP) is 0.830. The zero-order valence-corrected chi connectivity index (χ0v) is 14.8. The molecule has 2 heterocycles. The molecule has 1 aliphatic heterocycles. The molecule has 2 atom stereocenters. The van der Waals surface area contributed by atoms with E-state index in [0.717, 1.165) is 13.1 Å². The fraction of sp³-hybridized carbons (Fsp3) is 0.733. The maximum atomic E-state index is 12.4. The smallest absolute Gasteiger partial charge is 0.233 e. The molecular weight excluding hydrogens is 314 g/mol. The average Bonchev–Trinajstić information content (AvgIpc) is 2.82. The van der Waals surface area contributed by atoms with Crippen molar-refractivity contribution in [1.29, 1.82) is 0 Å². The summed E-state index contributed by atoms with van der Waals surface area (Å²) in [6.07, 6.45) is 1.90. The first-order valence-corrected chi connectivity index (χ1v) is 8.92. The predicted molar refractivity (Wildman–Crippen MR) is 88.8 cm³/mol. The van der Waals surface area contributed by atoms with Crippen molar-refractivity contribution >= 4 is 23.6 Å². The highest BCUT2D eigenvalue weighted by Crippen LogP contribution is 2.23. The van der Waals surface area contributed by atoms with Gasteiger partial charge in [0.1, 0.15) is 5.82 Å². The van der Waals surface area contributed by atoms with Gasteiger partial charge in [-0.3, -0.25) is 9.59 Å². The van der Waals surface area contributed by atoms with Gasteiger partial charge in [-0.2, -0.15) is 0 Å². The molecule has 0 aliphatic carbocycles. The second-order valence-electron chi connectivity index (χ2n) is 6.46. The van der Waals surface area contributed by atoms with Gasteiger partial charge in [-0.15, -0.1) is 10.2 Å². The summed E-state index contributed by atoms with van der Waals surface area (Å²) in [7, 11) is 1.84. The lowest BCUT2D eigenvalue weighted by molar-refractivity contribution is -0.131. The Morgan fingerprint density at radius 2 is 1.91 bits per heavy atom. The first-order valence-electron chi connectivity index (χ1n) is 7.94. The van der Waals surface area contributed by atoms with Crippen LogP contribution in [0.1, 0.15) is 32.5 Å². The summed E-state index contributed by atoms with van der Waals surface area (Å²) in [5, 5.41) is 8.85. The molecule has 128 valence electrons. The van der Waals surface area contributed by atoms with E-state index in [1.165, 1.54) is 18.2 Å². The molecule has 0 unspecified atom stereocenters. The van der Waals surface area contributed by atoms with E-state index in [2.05, 4.69) is 24.0 Å². The van der Waals surface area contributed by atoms with Gasteiger partial charge in [-0.25, -0.2) is 0 Å². The van der Waals surface area contributed by atoms with Gasteiger partial charge >= 0.3 is 0 Å². The fourth-order valence-corrected chi connectivity index (χ4v) is 3.84. The Balaban J connectivity index is 1.88. The summed E-state index contributed by atoms with van der Waals surface area (Å²) in [4.78, 5) is 25.2. The molecule has 0 spiro atoms. The first kappa shape index (κ1) is 17.8. The number of nitrogens with two attached hydrogens (primary N) is 1. The molecule has 1 saturated heterocycles. The number of thioether (sulfide) groups is 1. The Morgan fingerprint density at radius 3 is 2.52 bits per heavy atom. The van der Waals surface area contributed by atoms with Crippen LogP contribution in [0.3, 0.4) is 0 Å². The van der Waals surface area contributed by atoms with E-state index in [-0.39, 0.29) is 18.2 Å². The number of nitrogens with zero attached hydrogens (tertiary/aromatic N) is 4. The average molecular weight is 339 g/mol. The quantitative estimate of drug-likeness (QED) is 0.775. The van der Waals surface area contributed by atoms with Crippen molar-refractivity contribution in [3.8, 4) is 0 Å². The van der Waals surface area contributed by atoms with Crippen LogP contribution in [0, 0.1) is 11.8 Å². The van der Waals surface area contributed by atoms with Gasteiger partial charge in [-0.05, 0) is 18.3 Å². The summed E-state index contributed by atoms with van der Waals surface area (Å²) in [5.74, 6) is 1.98. The Bertz CT molecular complexity index is 564. The highest BCUT2D eigenvalue weighted by Gasteiger charge is 2.25. The Kier molecular flexibility index (Phi) is 6.04. The molecule has 2 amide bonds. The second kappa shape index (κ2) is 7.81. The van der Waals surface area contributed by atoms with E-state index in [4.69, 9.17) is 5.73 Å². The number of rotatable bonds is 6. The van der Waals surface area contributed by atoms with E-state index >= 15 is 0 Å². The minimum atomic E-state index is -0.356. The third kappa shape index (κ3) is 4.95. The minimum Gasteiger partial charge on any atom is -0.370 e. The van der Waals surface area contributed by atoms with Crippen LogP contribution in [-0.2, 0) is 23.1 Å². The van der Waals surface area contributed by atoms with Gasteiger partial charge in [0.25, 0.3) is 0 Å². The number of hydrogen-bond donors (Lipinski definition) is 1. The zero-order valence-electron chi connectivity index (χ0n) is 14.0. The van der Waals surface area contributed by atoms with E-state index in [9.17, 15) is 9.59 Å². The summed E-state index contributed by atoms with van der Waals surface area (Å²) in [5.41, 5.74) is 5.15. The summed E-state index contributed by atoms with van der Waals surface area (Å²) >= 11 is 1.39. The normalized spacial score (nSPS) is 21.4. The standard InChI is InChI=1S/C15H25N5O2S/c1-10-6-11(2)8-20(7-10)14(22)9-23-15-18-17-13(19(15)3)5-4-12(16)21/h10-11H,4-9H2,1-3H3,(H2,16,21)/t10-,11-/m1/s1. The van der Waals surface area contributed by atoms with Gasteiger partial charge in [0, 0.05) is 33.0 Å². The van der Waals surface area contributed by atoms with Crippen LogP contribution in [-0.4, -0.2) is 50.3 Å². The summed E-state index contributed by atoms with van der Waals surface area (Å²) in [6, 6.07) is 0. The number of primary amides is 1. The minimum absolute atomic E-state index is 0.148. The van der Waals surface area contributed by atoms with Crippen molar-refractivity contribution in [3.63, 3.8) is 0 Å². The van der Waals surface area contributed by atoms with Gasteiger partial charge < -0.3 is 15.2 Å². The van der Waals surface area contributed by atoms with Crippen LogP contribution < -0.4 is 5.73 Å². The topological polar surface area (TPSA) is 94.1 Å². The summed E-state index contributed by atoms with van der Waals surface area (Å²) < 4.78 is 1.82. The number of carbonyl (C=O) groups excluding carboxylic acids is 2. The van der Waals surface area contributed by atoms with Crippen LogP contribution in [0.4, 0.5) is 0 Å². The summed E-state index contributed by atoms with van der Waals surface area (Å²) in [6.45, 7) is 6.06. The van der Waals surface area contributed by atoms with Crippen LogP contribution in [0.15, 0.2) is 5.16 Å². The third-order valence-corrected chi connectivity index (χ3v) is 5.07. The molecular formula is C15H25N5O2S. The molecule has 1 aliphatic rings. The largest absolute Gasteiger partial charge is 0.370 e. The SMILES string of the molecule is C[C@@H]1C[C@@H](C)CN(C(=O)CSc2nnc(CCC(N)=O)n2C)C1. The number of carbonyl (C=O) groups is 2. The molecule has 0 aromatic carbocycles. The maximum Gasteiger partial charge on any atom is 0.233 e. The number of hydrogen-bond acceptors (Lipinski definition) is 5. The van der Waals surface area contributed by atoms with Crippen molar-refractivity contribution in [3.05, 3.63) is 5.82 Å². The Hall–Kier alpha value is -1.57. The molecule has 7 nitrogen and oxygen atoms in total. The molecule has 23 heavy (non-hydrogen) atoms. The Morgan fingerprint density at radius 1 is 1.26 bits per heavy atom. The fourth-order valence-electron chi connectivity index (χ4n) is 3.01. The first-order chi connectivity index (χ1) is 10.9. The number of likely N-dealkylation sites (tertiary alicyclic amines) is 1. The van der Waals surface area contributed by atoms with Crippen molar-refractivity contribution in [2.45, 2.75) is 38.3 Å². The highest BCUT2D eigenvalue weighted by atomic mass is 32.2. The lowest BCUT2D eigenvalue weighted by Gasteiger charge is -2.34. The molecule has 1 aromatic rings. The van der Waals surface area contributed by atoms with Gasteiger partial charge in [0.15, 0.2) is 5.16 Å². The number of amides is 2. The van der Waals surface area contributed by atoms with Crippen molar-refractivity contribution in [2.75, 3.05) is 18.8 Å². The van der Waals surface area contributed by atoms with Crippen LogP contribution in [0.25, 0.3) is 0 Å². The van der Waals surface area contributed by atoms with Crippen molar-refractivity contribution < 1.29 is 9.59 Å². The van der Waals surface area contributed by atoms with Crippen LogP contribution >= 0.6 is 11.8 Å². The highest BCUT2D eigenvalue weighted by molar-refractivity contribution is 7.99. The van der Waals surface area contributed by atoms with Crippen molar-refractivity contribution in [1.82, 2.24) is 19.7 Å². The van der Waals surface area contributed by atoms with Crippen LogP contribution in [0.2, 0.25) is 0 Å². The molecule has 0 saturated carbocycles. The molecule has 1 aromatic heterocycles. The molecule has 8 heteroatoms. The van der Waals surface area contributed by atoms with E-state index < -0.39 is 0 Å². The lowest BCUT2D eigenvalue weighted by atomic mass is 9.92. The van der Waals surface area contributed by atoms with Gasteiger partial charge in [0.2, 0.25) is 11.8 Å². The number of piperidine rings is 1. The van der Waals surface area contributed by atoms with E-state index in [1.807, 2.05) is 16.5 Å². The molecule has 1 fully saturated rings. The third-order valence-electron chi connectivity index (χ3n) is 4.07. The van der Waals surface area contributed by atoms with Crippen molar-refractivity contribution in [2.24, 2.45) is 24.6 Å². The van der Waals surface area contributed by atoms with Crippen LogP contribution in [0.5, 0.6) is 0 Å². The molecule has 2 N–H and O–H groups in total. The lowest BCUT2D eigenvalue weighted by Crippen LogP contribution is -2.43.